The molecule has 0 bridgehead atoms. The molecule has 4 rings (SSSR count). The van der Waals surface area contributed by atoms with Gasteiger partial charge in [0.15, 0.2) is 5.82 Å². The number of hydrogen-bond acceptors (Lipinski definition) is 6. The van der Waals surface area contributed by atoms with Gasteiger partial charge in [-0.25, -0.2) is 13.1 Å². The van der Waals surface area contributed by atoms with Crippen molar-refractivity contribution in [3.63, 3.8) is 0 Å². The maximum Gasteiger partial charge on any atom is 0.261 e. The summed E-state index contributed by atoms with van der Waals surface area (Å²) in [5.74, 6) is 1.20. The van der Waals surface area contributed by atoms with Crippen molar-refractivity contribution in [2.75, 3.05) is 0 Å². The van der Waals surface area contributed by atoms with Gasteiger partial charge in [0.2, 0.25) is 10.0 Å². The lowest BCUT2D eigenvalue weighted by Gasteiger charge is -2.15. The molecule has 1 aliphatic rings. The Morgan fingerprint density at radius 2 is 2.07 bits per heavy atom. The second-order valence-corrected chi connectivity index (χ2v) is 8.59. The van der Waals surface area contributed by atoms with E-state index in [1.165, 1.54) is 0 Å². The van der Waals surface area contributed by atoms with E-state index in [1.807, 2.05) is 6.07 Å². The smallest absolute Gasteiger partial charge is 0.261 e. The van der Waals surface area contributed by atoms with Crippen molar-refractivity contribution in [2.24, 2.45) is 0 Å². The predicted octanol–water partition coefficient (Wildman–Crippen LogP) is 2.99. The van der Waals surface area contributed by atoms with Gasteiger partial charge in [-0.15, -0.1) is 0 Å². The van der Waals surface area contributed by atoms with Gasteiger partial charge in [-0.2, -0.15) is 4.98 Å². The number of nitrogens with zero attached hydrogens (tertiary/aromatic N) is 3. The van der Waals surface area contributed by atoms with Gasteiger partial charge in [-0.3, -0.25) is 4.98 Å². The SMILES string of the molecule is Cc1[nH]c(C)c(S(=O)(=O)N[C@@H](C)c2cccnc2)c1-c1nc(C2CC2)no1. The molecule has 0 aliphatic heterocycles. The summed E-state index contributed by atoms with van der Waals surface area (Å²) in [6, 6.07) is 3.17. The molecule has 1 saturated carbocycles. The van der Waals surface area contributed by atoms with E-state index in [2.05, 4.69) is 24.8 Å². The summed E-state index contributed by atoms with van der Waals surface area (Å²) in [5.41, 5.74) is 2.41. The summed E-state index contributed by atoms with van der Waals surface area (Å²) in [7, 11) is -3.83. The van der Waals surface area contributed by atoms with Crippen molar-refractivity contribution < 1.29 is 12.9 Å². The summed E-state index contributed by atoms with van der Waals surface area (Å²) in [6.07, 6.45) is 5.37. The first-order valence-electron chi connectivity index (χ1n) is 8.82. The van der Waals surface area contributed by atoms with E-state index in [0.717, 1.165) is 18.4 Å². The number of aromatic nitrogens is 4. The number of sulfonamides is 1. The van der Waals surface area contributed by atoms with Gasteiger partial charge < -0.3 is 9.51 Å². The summed E-state index contributed by atoms with van der Waals surface area (Å²) in [5, 5.41) is 4.01. The van der Waals surface area contributed by atoms with Crippen molar-refractivity contribution >= 4 is 10.0 Å². The molecule has 1 fully saturated rings. The molecule has 0 saturated heterocycles. The van der Waals surface area contributed by atoms with Crippen LogP contribution in [0, 0.1) is 13.8 Å². The minimum atomic E-state index is -3.83. The van der Waals surface area contributed by atoms with Crippen LogP contribution in [-0.2, 0) is 10.0 Å². The Hall–Kier alpha value is -2.52. The maximum absolute atomic E-state index is 13.2. The summed E-state index contributed by atoms with van der Waals surface area (Å²) < 4.78 is 34.4. The summed E-state index contributed by atoms with van der Waals surface area (Å²) in [4.78, 5) is 11.7. The van der Waals surface area contributed by atoms with Crippen LogP contribution < -0.4 is 4.72 Å². The normalized spacial score (nSPS) is 15.8. The third-order valence-corrected chi connectivity index (χ3v) is 6.41. The number of H-pyrrole nitrogens is 1. The molecule has 3 heterocycles. The van der Waals surface area contributed by atoms with Gasteiger partial charge in [-0.05, 0) is 45.2 Å². The fourth-order valence-corrected chi connectivity index (χ4v) is 4.87. The maximum atomic E-state index is 13.2. The lowest BCUT2D eigenvalue weighted by atomic mass is 10.2. The van der Waals surface area contributed by atoms with Crippen LogP contribution >= 0.6 is 0 Å². The number of rotatable bonds is 6. The van der Waals surface area contributed by atoms with Crippen LogP contribution in [0.3, 0.4) is 0 Å². The molecule has 0 radical (unpaired) electrons. The molecule has 1 aliphatic carbocycles. The van der Waals surface area contributed by atoms with Crippen molar-refractivity contribution in [1.82, 2.24) is 24.8 Å². The molecule has 8 nitrogen and oxygen atoms in total. The topological polar surface area (TPSA) is 114 Å². The largest absolute Gasteiger partial charge is 0.361 e. The zero-order valence-corrected chi connectivity index (χ0v) is 16.2. The molecule has 3 aromatic rings. The fourth-order valence-electron chi connectivity index (χ4n) is 3.19. The summed E-state index contributed by atoms with van der Waals surface area (Å²) in [6.45, 7) is 5.30. The minimum Gasteiger partial charge on any atom is -0.361 e. The molecule has 0 spiro atoms. The van der Waals surface area contributed by atoms with Crippen LogP contribution in [0.25, 0.3) is 11.5 Å². The Morgan fingerprint density at radius 1 is 1.30 bits per heavy atom. The molecule has 0 unspecified atom stereocenters. The molecule has 0 aromatic carbocycles. The number of hydrogen-bond donors (Lipinski definition) is 2. The van der Waals surface area contributed by atoms with E-state index < -0.39 is 16.1 Å². The molecule has 27 heavy (non-hydrogen) atoms. The highest BCUT2D eigenvalue weighted by atomic mass is 32.2. The average Bonchev–Trinajstić information content (AvgIpc) is 3.28. The van der Waals surface area contributed by atoms with Crippen molar-refractivity contribution in [2.45, 2.75) is 50.5 Å². The standard InChI is InChI=1S/C18H21N5O3S/c1-10(14-5-4-8-19-9-14)23-27(24,25)16-12(3)20-11(2)15(16)18-21-17(22-26-18)13-6-7-13/h4-5,8-10,13,20,23H,6-7H2,1-3H3/t10-/m0/s1. The van der Waals surface area contributed by atoms with Gasteiger partial charge in [0.05, 0.1) is 5.56 Å². The van der Waals surface area contributed by atoms with E-state index in [-0.39, 0.29) is 10.8 Å². The van der Waals surface area contributed by atoms with Crippen LogP contribution in [0.4, 0.5) is 0 Å². The highest BCUT2D eigenvalue weighted by Crippen LogP contribution is 2.40. The highest BCUT2D eigenvalue weighted by molar-refractivity contribution is 7.89. The van der Waals surface area contributed by atoms with E-state index in [0.29, 0.717) is 28.7 Å². The second-order valence-electron chi connectivity index (χ2n) is 6.94. The summed E-state index contributed by atoms with van der Waals surface area (Å²) >= 11 is 0. The molecule has 9 heteroatoms. The Kier molecular flexibility index (Phi) is 4.35. The predicted molar refractivity (Wildman–Crippen MR) is 98.5 cm³/mol. The highest BCUT2D eigenvalue weighted by Gasteiger charge is 2.33. The molecule has 2 N–H and O–H groups in total. The molecular formula is C18H21N5O3S. The van der Waals surface area contributed by atoms with Gasteiger partial charge in [0, 0.05) is 35.7 Å². The van der Waals surface area contributed by atoms with Crippen molar-refractivity contribution in [1.29, 1.82) is 0 Å². The number of aromatic amines is 1. The number of nitrogens with one attached hydrogen (secondary N) is 2. The lowest BCUT2D eigenvalue weighted by Crippen LogP contribution is -2.27. The van der Waals surface area contributed by atoms with Crippen LogP contribution in [0.15, 0.2) is 33.9 Å². The Bertz CT molecular complexity index is 1070. The first-order valence-corrected chi connectivity index (χ1v) is 10.3. The van der Waals surface area contributed by atoms with Crippen molar-refractivity contribution in [3.05, 3.63) is 47.3 Å². The third-order valence-electron chi connectivity index (χ3n) is 4.70. The van der Waals surface area contributed by atoms with Gasteiger partial charge in [-0.1, -0.05) is 11.2 Å². The van der Waals surface area contributed by atoms with Crippen molar-refractivity contribution in [3.8, 4) is 11.5 Å². The van der Waals surface area contributed by atoms with E-state index in [9.17, 15) is 8.42 Å². The molecule has 0 amide bonds. The first kappa shape index (κ1) is 17.9. The van der Waals surface area contributed by atoms with Crippen LogP contribution in [-0.4, -0.2) is 28.5 Å². The van der Waals surface area contributed by atoms with E-state index in [4.69, 9.17) is 4.52 Å². The van der Waals surface area contributed by atoms with Gasteiger partial charge in [0.25, 0.3) is 5.89 Å². The second kappa shape index (κ2) is 6.58. The zero-order valence-electron chi connectivity index (χ0n) is 15.4. The van der Waals surface area contributed by atoms with Gasteiger partial charge in [0.1, 0.15) is 4.90 Å². The van der Waals surface area contributed by atoms with Crippen LogP contribution in [0.5, 0.6) is 0 Å². The zero-order chi connectivity index (χ0) is 19.2. The molecule has 3 aromatic heterocycles. The first-order chi connectivity index (χ1) is 12.9. The quantitative estimate of drug-likeness (QED) is 0.672. The monoisotopic (exact) mass is 387 g/mol. The van der Waals surface area contributed by atoms with Gasteiger partial charge >= 0.3 is 0 Å². The van der Waals surface area contributed by atoms with E-state index >= 15 is 0 Å². The minimum absolute atomic E-state index is 0.140. The lowest BCUT2D eigenvalue weighted by molar-refractivity contribution is 0.421. The Morgan fingerprint density at radius 3 is 2.74 bits per heavy atom. The molecule has 142 valence electrons. The Balaban J connectivity index is 1.71. The fraction of sp³-hybridized carbons (Fsp3) is 0.389. The van der Waals surface area contributed by atoms with E-state index in [1.54, 1.807) is 39.2 Å². The number of pyridine rings is 1. The Labute approximate surface area is 157 Å². The molecule has 1 atom stereocenters. The van der Waals surface area contributed by atoms with Crippen LogP contribution in [0.1, 0.15) is 54.5 Å². The molecular weight excluding hydrogens is 366 g/mol. The number of aryl methyl sites for hydroxylation is 2. The third kappa shape index (κ3) is 3.40. The van der Waals surface area contributed by atoms with Crippen LogP contribution in [0.2, 0.25) is 0 Å². The average molecular weight is 387 g/mol.